The van der Waals surface area contributed by atoms with E-state index >= 15 is 0 Å². The van der Waals surface area contributed by atoms with Crippen LogP contribution in [0.15, 0.2) is 41.8 Å². The van der Waals surface area contributed by atoms with Crippen LogP contribution in [-0.2, 0) is 17.6 Å². The van der Waals surface area contributed by atoms with E-state index < -0.39 is 0 Å². The number of nitrogens with zero attached hydrogens (tertiary/aromatic N) is 1. The summed E-state index contributed by atoms with van der Waals surface area (Å²) in [6.07, 6.45) is 4.86. The quantitative estimate of drug-likeness (QED) is 0.639. The van der Waals surface area contributed by atoms with Crippen LogP contribution < -0.4 is 10.1 Å². The number of nitrogens with one attached hydrogen (secondary N) is 1. The van der Waals surface area contributed by atoms with Crippen molar-refractivity contribution in [3.05, 3.63) is 64.0 Å². The Bertz CT molecular complexity index is 1010. The molecule has 4 rings (SSSR count). The maximum atomic E-state index is 12.2. The Morgan fingerprint density at radius 3 is 2.71 bits per heavy atom. The van der Waals surface area contributed by atoms with Crippen molar-refractivity contribution in [3.8, 4) is 17.0 Å². The smallest absolute Gasteiger partial charge is 0.264 e. The summed E-state index contributed by atoms with van der Waals surface area (Å²) in [7, 11) is 0. The summed E-state index contributed by atoms with van der Waals surface area (Å²) in [5.74, 6) is 0.497. The monoisotopic (exact) mass is 392 g/mol. The van der Waals surface area contributed by atoms with E-state index in [9.17, 15) is 4.79 Å². The van der Waals surface area contributed by atoms with Gasteiger partial charge in [0.15, 0.2) is 11.7 Å². The molecule has 0 atom stereocenters. The Hall–Kier alpha value is -2.66. The fourth-order valence-corrected chi connectivity index (χ4v) is 4.20. The van der Waals surface area contributed by atoms with Crippen LogP contribution in [0.25, 0.3) is 11.3 Å². The highest BCUT2D eigenvalue weighted by Crippen LogP contribution is 2.29. The average Bonchev–Trinajstić information content (AvgIpc) is 3.17. The predicted octanol–water partition coefficient (Wildman–Crippen LogP) is 5.32. The molecule has 1 aliphatic carbocycles. The molecule has 0 radical (unpaired) electrons. The van der Waals surface area contributed by atoms with Crippen LogP contribution in [0.1, 0.15) is 35.1 Å². The topological polar surface area (TPSA) is 51.2 Å². The summed E-state index contributed by atoms with van der Waals surface area (Å²) in [5.41, 5.74) is 7.26. The molecule has 0 fully saturated rings. The minimum Gasteiger partial charge on any atom is -0.484 e. The van der Waals surface area contributed by atoms with Gasteiger partial charge in [-0.3, -0.25) is 10.1 Å². The Kier molecular flexibility index (Phi) is 5.44. The Morgan fingerprint density at radius 2 is 1.89 bits per heavy atom. The van der Waals surface area contributed by atoms with E-state index in [1.165, 1.54) is 47.3 Å². The number of fused-ring (bicyclic) bond motifs is 1. The molecule has 5 heteroatoms. The number of carbonyl (C=O) groups excluding carboxylic acids is 1. The summed E-state index contributed by atoms with van der Waals surface area (Å²) >= 11 is 1.44. The van der Waals surface area contributed by atoms with E-state index in [-0.39, 0.29) is 12.5 Å². The third-order valence-corrected chi connectivity index (χ3v) is 6.00. The fraction of sp³-hybridized carbons (Fsp3) is 0.304. The van der Waals surface area contributed by atoms with Gasteiger partial charge in [-0.15, -0.1) is 11.3 Å². The standard InChI is InChI=1S/C23H24N2O2S/c1-15-7-10-20(11-16(15)2)27-13-22(26)25-23-24-21(14-28-23)19-9-8-17-5-3-4-6-18(17)12-19/h7-12,14H,3-6,13H2,1-2H3,(H,24,25,26). The van der Waals surface area contributed by atoms with Crippen LogP contribution in [0.4, 0.5) is 5.13 Å². The van der Waals surface area contributed by atoms with Crippen molar-refractivity contribution in [1.29, 1.82) is 0 Å². The highest BCUT2D eigenvalue weighted by atomic mass is 32.1. The zero-order valence-electron chi connectivity index (χ0n) is 16.2. The molecule has 1 aromatic heterocycles. The molecule has 3 aromatic rings. The average molecular weight is 393 g/mol. The number of ether oxygens (including phenoxy) is 1. The lowest BCUT2D eigenvalue weighted by atomic mass is 9.90. The second-order valence-electron chi connectivity index (χ2n) is 7.31. The molecule has 1 heterocycles. The first-order valence-electron chi connectivity index (χ1n) is 9.66. The largest absolute Gasteiger partial charge is 0.484 e. The molecule has 0 spiro atoms. The molecule has 0 bridgehead atoms. The molecule has 0 unspecified atom stereocenters. The number of benzene rings is 2. The molecule has 0 aliphatic heterocycles. The van der Waals surface area contributed by atoms with E-state index in [4.69, 9.17) is 4.74 Å². The number of anilines is 1. The first kappa shape index (κ1) is 18.7. The van der Waals surface area contributed by atoms with Gasteiger partial charge >= 0.3 is 0 Å². The first-order chi connectivity index (χ1) is 13.6. The number of rotatable bonds is 5. The molecule has 1 N–H and O–H groups in total. The van der Waals surface area contributed by atoms with Gasteiger partial charge in [-0.25, -0.2) is 4.98 Å². The molecular weight excluding hydrogens is 368 g/mol. The Morgan fingerprint density at radius 1 is 1.07 bits per heavy atom. The van der Waals surface area contributed by atoms with Gasteiger partial charge < -0.3 is 4.74 Å². The third kappa shape index (κ3) is 4.25. The van der Waals surface area contributed by atoms with Crippen LogP contribution in [0.3, 0.4) is 0 Å². The molecule has 4 nitrogen and oxygen atoms in total. The van der Waals surface area contributed by atoms with Crippen molar-refractivity contribution >= 4 is 22.4 Å². The molecule has 1 aliphatic rings. The van der Waals surface area contributed by atoms with Crippen LogP contribution in [0.2, 0.25) is 0 Å². The summed E-state index contributed by atoms with van der Waals surface area (Å²) in [6, 6.07) is 12.4. The molecule has 144 valence electrons. The molecule has 0 saturated carbocycles. The van der Waals surface area contributed by atoms with E-state index in [2.05, 4.69) is 35.4 Å². The maximum Gasteiger partial charge on any atom is 0.264 e. The lowest BCUT2D eigenvalue weighted by Crippen LogP contribution is -2.20. The van der Waals surface area contributed by atoms with Gasteiger partial charge in [-0.05, 0) is 80.0 Å². The first-order valence-corrected chi connectivity index (χ1v) is 10.5. The van der Waals surface area contributed by atoms with Crippen molar-refractivity contribution in [2.75, 3.05) is 11.9 Å². The van der Waals surface area contributed by atoms with E-state index in [1.54, 1.807) is 0 Å². The molecule has 28 heavy (non-hydrogen) atoms. The van der Waals surface area contributed by atoms with Crippen molar-refractivity contribution in [1.82, 2.24) is 4.98 Å². The van der Waals surface area contributed by atoms with Crippen molar-refractivity contribution in [2.45, 2.75) is 39.5 Å². The van der Waals surface area contributed by atoms with Crippen molar-refractivity contribution in [3.63, 3.8) is 0 Å². The number of amides is 1. The number of hydrogen-bond acceptors (Lipinski definition) is 4. The maximum absolute atomic E-state index is 12.2. The van der Waals surface area contributed by atoms with Gasteiger partial charge in [0.2, 0.25) is 0 Å². The zero-order chi connectivity index (χ0) is 19.5. The van der Waals surface area contributed by atoms with E-state index in [1.807, 2.05) is 30.5 Å². The summed E-state index contributed by atoms with van der Waals surface area (Å²) in [6.45, 7) is 4.05. The Labute approximate surface area is 169 Å². The summed E-state index contributed by atoms with van der Waals surface area (Å²) in [4.78, 5) is 16.8. The SMILES string of the molecule is Cc1ccc(OCC(=O)Nc2nc(-c3ccc4c(c3)CCCC4)cs2)cc1C. The van der Waals surface area contributed by atoms with E-state index in [0.717, 1.165) is 23.2 Å². The number of aryl methyl sites for hydroxylation is 4. The van der Waals surface area contributed by atoms with Gasteiger partial charge in [0.05, 0.1) is 5.69 Å². The summed E-state index contributed by atoms with van der Waals surface area (Å²) < 4.78 is 5.59. The van der Waals surface area contributed by atoms with Crippen LogP contribution in [0, 0.1) is 13.8 Å². The zero-order valence-corrected chi connectivity index (χ0v) is 17.1. The van der Waals surface area contributed by atoms with Crippen LogP contribution in [-0.4, -0.2) is 17.5 Å². The Balaban J connectivity index is 1.37. The number of hydrogen-bond donors (Lipinski definition) is 1. The van der Waals surface area contributed by atoms with Gasteiger partial charge in [-0.1, -0.05) is 18.2 Å². The second-order valence-corrected chi connectivity index (χ2v) is 8.17. The number of carbonyl (C=O) groups is 1. The lowest BCUT2D eigenvalue weighted by molar-refractivity contribution is -0.118. The number of thiazole rings is 1. The molecular formula is C23H24N2O2S. The minimum absolute atomic E-state index is 0.0315. The highest BCUT2D eigenvalue weighted by Gasteiger charge is 2.13. The predicted molar refractivity (Wildman–Crippen MR) is 114 cm³/mol. The highest BCUT2D eigenvalue weighted by molar-refractivity contribution is 7.14. The summed E-state index contributed by atoms with van der Waals surface area (Å²) in [5, 5.41) is 5.42. The minimum atomic E-state index is -0.204. The van der Waals surface area contributed by atoms with Gasteiger partial charge in [0.25, 0.3) is 5.91 Å². The normalized spacial score (nSPS) is 13.1. The van der Waals surface area contributed by atoms with E-state index in [0.29, 0.717) is 10.9 Å². The van der Waals surface area contributed by atoms with Gasteiger partial charge in [0, 0.05) is 10.9 Å². The van der Waals surface area contributed by atoms with Crippen LogP contribution in [0.5, 0.6) is 5.75 Å². The number of aromatic nitrogens is 1. The van der Waals surface area contributed by atoms with Gasteiger partial charge in [0.1, 0.15) is 5.75 Å². The van der Waals surface area contributed by atoms with Crippen molar-refractivity contribution < 1.29 is 9.53 Å². The lowest BCUT2D eigenvalue weighted by Gasteiger charge is -2.16. The molecule has 0 saturated heterocycles. The fourth-order valence-electron chi connectivity index (χ4n) is 3.46. The van der Waals surface area contributed by atoms with Crippen LogP contribution >= 0.6 is 11.3 Å². The van der Waals surface area contributed by atoms with Crippen molar-refractivity contribution in [2.24, 2.45) is 0 Å². The molecule has 2 aromatic carbocycles. The third-order valence-electron chi connectivity index (χ3n) is 5.24. The molecule has 1 amide bonds. The van der Waals surface area contributed by atoms with Gasteiger partial charge in [-0.2, -0.15) is 0 Å². The second kappa shape index (κ2) is 8.15.